The van der Waals surface area contributed by atoms with Gasteiger partial charge < -0.3 is 4.74 Å². The van der Waals surface area contributed by atoms with E-state index in [0.29, 0.717) is 5.56 Å². The van der Waals surface area contributed by atoms with Crippen molar-refractivity contribution in [1.29, 1.82) is 0 Å². The summed E-state index contributed by atoms with van der Waals surface area (Å²) in [5.74, 6) is -2.17. The Morgan fingerprint density at radius 3 is 2.08 bits per heavy atom. The van der Waals surface area contributed by atoms with E-state index in [-0.39, 0.29) is 10.5 Å². The highest BCUT2D eigenvalue weighted by Gasteiger charge is 2.14. The minimum absolute atomic E-state index is 0.0650. The van der Waals surface area contributed by atoms with E-state index < -0.39 is 34.2 Å². The number of carbonyl (C=O) groups excluding carboxylic acids is 3. The molecule has 7 nitrogen and oxygen atoms in total. The zero-order valence-electron chi connectivity index (χ0n) is 13.3. The van der Waals surface area contributed by atoms with Crippen molar-refractivity contribution in [3.63, 3.8) is 0 Å². The Bertz CT molecular complexity index is 888. The van der Waals surface area contributed by atoms with E-state index in [1.165, 1.54) is 36.4 Å². The van der Waals surface area contributed by atoms with Crippen LogP contribution in [0.5, 0.6) is 0 Å². The van der Waals surface area contributed by atoms with Crippen molar-refractivity contribution in [2.24, 2.45) is 0 Å². The second kappa shape index (κ2) is 7.71. The maximum Gasteiger partial charge on any atom is 0.338 e. The molecule has 8 heteroatoms. The van der Waals surface area contributed by atoms with Gasteiger partial charge in [-0.05, 0) is 36.4 Å². The molecule has 0 spiro atoms. The average molecular weight is 361 g/mol. The molecular formula is C17H15NO6S. The van der Waals surface area contributed by atoms with Crippen molar-refractivity contribution in [2.45, 2.75) is 4.90 Å². The van der Waals surface area contributed by atoms with Gasteiger partial charge in [-0.3, -0.25) is 14.9 Å². The molecule has 0 bridgehead atoms. The number of rotatable bonds is 5. The fraction of sp³-hybridized carbons (Fsp3) is 0.118. The number of sulfone groups is 1. The van der Waals surface area contributed by atoms with Gasteiger partial charge in [-0.25, -0.2) is 13.2 Å². The number of amides is 2. The van der Waals surface area contributed by atoms with Crippen LogP contribution in [-0.2, 0) is 19.4 Å². The summed E-state index contributed by atoms with van der Waals surface area (Å²) in [6.07, 6.45) is 1.05. The van der Waals surface area contributed by atoms with Gasteiger partial charge in [0.15, 0.2) is 16.4 Å². The Morgan fingerprint density at radius 2 is 1.52 bits per heavy atom. The summed E-state index contributed by atoms with van der Waals surface area (Å²) >= 11 is 0. The highest BCUT2D eigenvalue weighted by atomic mass is 32.2. The third-order valence-electron chi connectivity index (χ3n) is 3.14. The van der Waals surface area contributed by atoms with Crippen molar-refractivity contribution in [1.82, 2.24) is 5.32 Å². The second-order valence-electron chi connectivity index (χ2n) is 5.12. The molecule has 0 aromatic heterocycles. The number of hydrogen-bond donors (Lipinski definition) is 1. The van der Waals surface area contributed by atoms with Gasteiger partial charge in [0, 0.05) is 11.8 Å². The van der Waals surface area contributed by atoms with E-state index in [2.05, 4.69) is 5.32 Å². The monoisotopic (exact) mass is 361 g/mol. The molecule has 0 aliphatic rings. The molecule has 0 saturated carbocycles. The van der Waals surface area contributed by atoms with Crippen LogP contribution in [0.2, 0.25) is 0 Å². The highest BCUT2D eigenvalue weighted by molar-refractivity contribution is 7.90. The molecule has 130 valence electrons. The first-order valence-corrected chi connectivity index (χ1v) is 9.03. The Balaban J connectivity index is 1.89. The summed E-state index contributed by atoms with van der Waals surface area (Å²) in [6, 6.07) is 13.2. The highest BCUT2D eigenvalue weighted by Crippen LogP contribution is 2.11. The van der Waals surface area contributed by atoms with Crippen LogP contribution in [0.15, 0.2) is 59.5 Å². The number of imide groups is 1. The number of hydrogen-bond acceptors (Lipinski definition) is 6. The molecule has 0 saturated heterocycles. The van der Waals surface area contributed by atoms with E-state index >= 15 is 0 Å². The van der Waals surface area contributed by atoms with E-state index in [1.54, 1.807) is 18.2 Å². The third-order valence-corrected chi connectivity index (χ3v) is 4.27. The number of esters is 1. The van der Waals surface area contributed by atoms with Crippen molar-refractivity contribution < 1.29 is 27.5 Å². The number of nitrogens with one attached hydrogen (secondary N) is 1. The van der Waals surface area contributed by atoms with Gasteiger partial charge in [-0.2, -0.15) is 0 Å². The topological polar surface area (TPSA) is 107 Å². The van der Waals surface area contributed by atoms with Crippen LogP contribution < -0.4 is 5.32 Å². The van der Waals surface area contributed by atoms with Gasteiger partial charge in [-0.1, -0.05) is 18.2 Å². The maximum absolute atomic E-state index is 11.8. The molecule has 0 fully saturated rings. The van der Waals surface area contributed by atoms with Crippen LogP contribution in [-0.4, -0.2) is 39.1 Å². The number of ether oxygens (including phenoxy) is 1. The van der Waals surface area contributed by atoms with E-state index in [1.807, 2.05) is 0 Å². The minimum Gasteiger partial charge on any atom is -0.452 e. The molecule has 2 aromatic rings. The number of carbonyl (C=O) groups is 3. The van der Waals surface area contributed by atoms with Crippen molar-refractivity contribution in [3.8, 4) is 0 Å². The fourth-order valence-corrected chi connectivity index (χ4v) is 2.51. The molecule has 0 aliphatic heterocycles. The molecule has 0 atom stereocenters. The van der Waals surface area contributed by atoms with E-state index in [0.717, 1.165) is 6.26 Å². The van der Waals surface area contributed by atoms with Gasteiger partial charge >= 0.3 is 5.97 Å². The summed E-state index contributed by atoms with van der Waals surface area (Å²) in [6.45, 7) is -0.634. The van der Waals surface area contributed by atoms with Crippen LogP contribution in [0, 0.1) is 0 Å². The smallest absolute Gasteiger partial charge is 0.338 e. The molecule has 25 heavy (non-hydrogen) atoms. The summed E-state index contributed by atoms with van der Waals surface area (Å²) in [5, 5.41) is 2.10. The molecule has 2 rings (SSSR count). The zero-order valence-corrected chi connectivity index (χ0v) is 14.1. The lowest BCUT2D eigenvalue weighted by molar-refractivity contribution is -0.123. The second-order valence-corrected chi connectivity index (χ2v) is 7.13. The van der Waals surface area contributed by atoms with Gasteiger partial charge in [0.1, 0.15) is 0 Å². The molecule has 1 N–H and O–H groups in total. The standard InChI is InChI=1S/C17H15NO6S/c1-25(22,23)14-9-7-13(8-10-14)17(21)24-11-15(19)18-16(20)12-5-3-2-4-6-12/h2-10H,11H2,1H3,(H,18,19,20). The Labute approximate surface area is 144 Å². The number of benzene rings is 2. The van der Waals surface area contributed by atoms with Crippen LogP contribution in [0.4, 0.5) is 0 Å². The summed E-state index contributed by atoms with van der Waals surface area (Å²) < 4.78 is 27.5. The van der Waals surface area contributed by atoms with Crippen molar-refractivity contribution >= 4 is 27.6 Å². The minimum atomic E-state index is -3.36. The first kappa shape index (κ1) is 18.3. The van der Waals surface area contributed by atoms with Crippen LogP contribution in [0.25, 0.3) is 0 Å². The molecule has 2 aromatic carbocycles. The lowest BCUT2D eigenvalue weighted by Gasteiger charge is -2.06. The van der Waals surface area contributed by atoms with E-state index in [9.17, 15) is 22.8 Å². The summed E-state index contributed by atoms with van der Waals surface area (Å²) in [7, 11) is -3.36. The lowest BCUT2D eigenvalue weighted by Crippen LogP contribution is -2.34. The third kappa shape index (κ3) is 5.25. The van der Waals surface area contributed by atoms with Crippen molar-refractivity contribution in [2.75, 3.05) is 12.9 Å². The predicted octanol–water partition coefficient (Wildman–Crippen LogP) is 1.20. The first-order chi connectivity index (χ1) is 11.8. The van der Waals surface area contributed by atoms with Crippen molar-refractivity contribution in [3.05, 3.63) is 65.7 Å². The molecule has 0 heterocycles. The Kier molecular flexibility index (Phi) is 5.66. The molecule has 0 aliphatic carbocycles. The fourth-order valence-electron chi connectivity index (χ4n) is 1.88. The summed E-state index contributed by atoms with van der Waals surface area (Å²) in [5.41, 5.74) is 0.396. The molecule has 0 unspecified atom stereocenters. The first-order valence-electron chi connectivity index (χ1n) is 7.14. The molecule has 0 radical (unpaired) electrons. The normalized spacial score (nSPS) is 10.8. The lowest BCUT2D eigenvalue weighted by atomic mass is 10.2. The Hall–Kier alpha value is -3.00. The SMILES string of the molecule is CS(=O)(=O)c1ccc(C(=O)OCC(=O)NC(=O)c2ccccc2)cc1. The molecule has 2 amide bonds. The Morgan fingerprint density at radius 1 is 0.920 bits per heavy atom. The van der Waals surface area contributed by atoms with Gasteiger partial charge in [0.05, 0.1) is 10.5 Å². The van der Waals surface area contributed by atoms with Gasteiger partial charge in [0.2, 0.25) is 0 Å². The van der Waals surface area contributed by atoms with Crippen LogP contribution in [0.3, 0.4) is 0 Å². The average Bonchev–Trinajstić information content (AvgIpc) is 2.59. The maximum atomic E-state index is 11.8. The largest absolute Gasteiger partial charge is 0.452 e. The quantitative estimate of drug-likeness (QED) is 0.802. The van der Waals surface area contributed by atoms with Gasteiger partial charge in [0.25, 0.3) is 11.8 Å². The van der Waals surface area contributed by atoms with E-state index in [4.69, 9.17) is 4.74 Å². The van der Waals surface area contributed by atoms with Crippen LogP contribution >= 0.6 is 0 Å². The molecular weight excluding hydrogens is 346 g/mol. The van der Waals surface area contributed by atoms with Gasteiger partial charge in [-0.15, -0.1) is 0 Å². The van der Waals surface area contributed by atoms with Crippen LogP contribution in [0.1, 0.15) is 20.7 Å². The zero-order chi connectivity index (χ0) is 18.4. The summed E-state index contributed by atoms with van der Waals surface area (Å²) in [4.78, 5) is 35.3. The predicted molar refractivity (Wildman–Crippen MR) is 88.7 cm³/mol.